The zero-order valence-electron chi connectivity index (χ0n) is 10.3. The number of thiazole rings is 1. The Kier molecular flexibility index (Phi) is 5.42. The third-order valence-electron chi connectivity index (χ3n) is 1.69. The van der Waals surface area contributed by atoms with E-state index in [1.807, 2.05) is 5.38 Å². The quantitative estimate of drug-likeness (QED) is 0.480. The summed E-state index contributed by atoms with van der Waals surface area (Å²) in [5.74, 6) is 0. The second kappa shape index (κ2) is 6.85. The van der Waals surface area contributed by atoms with Crippen LogP contribution in [0, 0.1) is 0 Å². The van der Waals surface area contributed by atoms with E-state index < -0.39 is 0 Å². The Morgan fingerprint density at radius 3 is 3.06 bits per heavy atom. The number of hydrogen-bond acceptors (Lipinski definition) is 5. The molecule has 1 N–H and O–H groups in total. The molecule has 1 aromatic rings. The minimum absolute atomic E-state index is 0.380. The number of nitrogens with zero attached hydrogens (tertiary/aromatic N) is 2. The molecule has 0 bridgehead atoms. The molecule has 17 heavy (non-hydrogen) atoms. The summed E-state index contributed by atoms with van der Waals surface area (Å²) < 4.78 is 4.77. The predicted molar refractivity (Wildman–Crippen MR) is 73.8 cm³/mol. The molecule has 92 valence electrons. The van der Waals surface area contributed by atoms with E-state index in [1.54, 1.807) is 30.7 Å². The van der Waals surface area contributed by atoms with Crippen molar-refractivity contribution in [2.45, 2.75) is 19.9 Å². The second-order valence-electron chi connectivity index (χ2n) is 3.66. The molecule has 4 nitrogen and oxygen atoms in total. The lowest BCUT2D eigenvalue weighted by molar-refractivity contribution is 0.338. The molecule has 0 aliphatic rings. The topological polar surface area (TPSA) is 46.5 Å². The summed E-state index contributed by atoms with van der Waals surface area (Å²) in [5, 5.41) is 6.08. The monoisotopic (exact) mass is 251 g/mol. The number of aromatic nitrogens is 1. The average molecular weight is 251 g/mol. The third kappa shape index (κ3) is 5.31. The van der Waals surface area contributed by atoms with E-state index in [-0.39, 0.29) is 0 Å². The lowest BCUT2D eigenvalue weighted by Crippen LogP contribution is -2.09. The Bertz CT molecular complexity index is 421. The highest BCUT2D eigenvalue weighted by atomic mass is 32.1. The normalized spacial score (nSPS) is 11.5. The molecule has 0 fully saturated rings. The van der Waals surface area contributed by atoms with Crippen molar-refractivity contribution in [3.63, 3.8) is 0 Å². The molecule has 0 spiro atoms. The van der Waals surface area contributed by atoms with Crippen LogP contribution in [0.2, 0.25) is 0 Å². The number of nitrogens with one attached hydrogen (secondary N) is 1. The van der Waals surface area contributed by atoms with Crippen LogP contribution in [-0.4, -0.2) is 24.4 Å². The van der Waals surface area contributed by atoms with E-state index in [0.717, 1.165) is 10.8 Å². The number of aliphatic imine (C=N–C) groups is 1. The van der Waals surface area contributed by atoms with Crippen molar-refractivity contribution in [2.75, 3.05) is 12.4 Å². The summed E-state index contributed by atoms with van der Waals surface area (Å²) in [7, 11) is 1.58. The van der Waals surface area contributed by atoms with Gasteiger partial charge < -0.3 is 10.1 Å². The highest BCUT2D eigenvalue weighted by molar-refractivity contribution is 7.13. The lowest BCUT2D eigenvalue weighted by atomic mass is 10.4. The van der Waals surface area contributed by atoms with Crippen LogP contribution in [-0.2, 0) is 4.74 Å². The standard InChI is InChI=1S/C12H17N3OS/c1-9(2)14-12-15-11(8-17-12)7-13-10(3)5-6-16-4/h5-9H,3H2,1-2,4H3,(H,14,15)/b6-5+,13-7?. The summed E-state index contributed by atoms with van der Waals surface area (Å²) in [6, 6.07) is 0.380. The highest BCUT2D eigenvalue weighted by Gasteiger charge is 2.00. The predicted octanol–water partition coefficient (Wildman–Crippen LogP) is 3.06. The summed E-state index contributed by atoms with van der Waals surface area (Å²) in [4.78, 5) is 8.52. The van der Waals surface area contributed by atoms with Gasteiger partial charge in [-0.25, -0.2) is 4.98 Å². The van der Waals surface area contributed by atoms with Gasteiger partial charge in [-0.1, -0.05) is 6.58 Å². The van der Waals surface area contributed by atoms with E-state index in [9.17, 15) is 0 Å². The molecule has 1 rings (SSSR count). The summed E-state index contributed by atoms with van der Waals surface area (Å²) in [5.41, 5.74) is 1.45. The zero-order valence-corrected chi connectivity index (χ0v) is 11.1. The van der Waals surface area contributed by atoms with Gasteiger partial charge >= 0.3 is 0 Å². The fourth-order valence-electron chi connectivity index (χ4n) is 0.997. The molecule has 0 amide bonds. The molecule has 1 aromatic heterocycles. The van der Waals surface area contributed by atoms with Gasteiger partial charge in [-0.05, 0) is 19.9 Å². The molecule has 0 aromatic carbocycles. The van der Waals surface area contributed by atoms with E-state index >= 15 is 0 Å². The van der Waals surface area contributed by atoms with Gasteiger partial charge in [0.05, 0.1) is 31.0 Å². The molecule has 0 saturated heterocycles. The molecule has 1 heterocycles. The minimum atomic E-state index is 0.380. The molecule has 5 heteroatoms. The van der Waals surface area contributed by atoms with E-state index in [1.165, 1.54) is 6.26 Å². The van der Waals surface area contributed by atoms with Gasteiger partial charge in [0.15, 0.2) is 5.13 Å². The SMILES string of the molecule is C=C(/C=C/OC)N=Cc1csc(NC(C)C)n1. The van der Waals surface area contributed by atoms with E-state index in [4.69, 9.17) is 4.74 Å². The van der Waals surface area contributed by atoms with Crippen molar-refractivity contribution in [1.82, 2.24) is 4.98 Å². The van der Waals surface area contributed by atoms with Gasteiger partial charge in [0.1, 0.15) is 0 Å². The number of rotatable bonds is 6. The molecule has 0 atom stereocenters. The smallest absolute Gasteiger partial charge is 0.183 e. The average Bonchev–Trinajstić information content (AvgIpc) is 2.70. The van der Waals surface area contributed by atoms with Crippen LogP contribution in [0.15, 0.2) is 35.0 Å². The number of ether oxygens (including phenoxy) is 1. The second-order valence-corrected chi connectivity index (χ2v) is 4.52. The van der Waals surface area contributed by atoms with Crippen LogP contribution in [0.4, 0.5) is 5.13 Å². The first kappa shape index (κ1) is 13.4. The Balaban J connectivity index is 2.57. The number of anilines is 1. The Labute approximate surface area is 106 Å². The van der Waals surface area contributed by atoms with Gasteiger partial charge in [-0.15, -0.1) is 11.3 Å². The Morgan fingerprint density at radius 1 is 1.65 bits per heavy atom. The molecule has 0 aliphatic heterocycles. The Hall–Kier alpha value is -1.62. The molecule has 0 saturated carbocycles. The Morgan fingerprint density at radius 2 is 2.41 bits per heavy atom. The summed E-state index contributed by atoms with van der Waals surface area (Å²) >= 11 is 1.56. The van der Waals surface area contributed by atoms with Crippen LogP contribution >= 0.6 is 11.3 Å². The lowest BCUT2D eigenvalue weighted by Gasteiger charge is -2.03. The zero-order chi connectivity index (χ0) is 12.7. The molecule has 0 aliphatic carbocycles. The van der Waals surface area contributed by atoms with Crippen LogP contribution in [0.1, 0.15) is 19.5 Å². The van der Waals surface area contributed by atoms with Gasteiger partial charge in [0, 0.05) is 11.4 Å². The van der Waals surface area contributed by atoms with E-state index in [2.05, 4.69) is 35.7 Å². The van der Waals surface area contributed by atoms with Crippen molar-refractivity contribution >= 4 is 22.7 Å². The maximum atomic E-state index is 4.77. The van der Waals surface area contributed by atoms with E-state index in [0.29, 0.717) is 11.7 Å². The van der Waals surface area contributed by atoms with Crippen molar-refractivity contribution in [2.24, 2.45) is 4.99 Å². The molecule has 0 radical (unpaired) electrons. The number of allylic oxidation sites excluding steroid dienone is 1. The summed E-state index contributed by atoms with van der Waals surface area (Å²) in [6.07, 6.45) is 4.91. The molecular weight excluding hydrogens is 234 g/mol. The van der Waals surface area contributed by atoms with Crippen LogP contribution in [0.5, 0.6) is 0 Å². The van der Waals surface area contributed by atoms with Gasteiger partial charge in [-0.3, -0.25) is 4.99 Å². The first-order chi connectivity index (χ1) is 8.11. The van der Waals surface area contributed by atoms with Crippen LogP contribution < -0.4 is 5.32 Å². The number of methoxy groups -OCH3 is 1. The van der Waals surface area contributed by atoms with Gasteiger partial charge in [0.2, 0.25) is 0 Å². The van der Waals surface area contributed by atoms with Crippen molar-refractivity contribution in [1.29, 1.82) is 0 Å². The van der Waals surface area contributed by atoms with Crippen LogP contribution in [0.25, 0.3) is 0 Å². The van der Waals surface area contributed by atoms with Crippen molar-refractivity contribution < 1.29 is 4.74 Å². The largest absolute Gasteiger partial charge is 0.504 e. The van der Waals surface area contributed by atoms with Crippen molar-refractivity contribution in [3.8, 4) is 0 Å². The third-order valence-corrected chi connectivity index (χ3v) is 2.48. The fraction of sp³-hybridized carbons (Fsp3) is 0.333. The minimum Gasteiger partial charge on any atom is -0.504 e. The fourth-order valence-corrected chi connectivity index (χ4v) is 1.81. The highest BCUT2D eigenvalue weighted by Crippen LogP contribution is 2.15. The number of hydrogen-bond donors (Lipinski definition) is 1. The van der Waals surface area contributed by atoms with Gasteiger partial charge in [0.25, 0.3) is 0 Å². The maximum absolute atomic E-state index is 4.77. The molecular formula is C12H17N3OS. The first-order valence-electron chi connectivity index (χ1n) is 5.26. The van der Waals surface area contributed by atoms with Crippen molar-refractivity contribution in [3.05, 3.63) is 35.7 Å². The maximum Gasteiger partial charge on any atom is 0.183 e. The summed E-state index contributed by atoms with van der Waals surface area (Å²) in [6.45, 7) is 7.91. The van der Waals surface area contributed by atoms with Gasteiger partial charge in [-0.2, -0.15) is 0 Å². The van der Waals surface area contributed by atoms with Crippen LogP contribution in [0.3, 0.4) is 0 Å². The molecule has 0 unspecified atom stereocenters. The first-order valence-corrected chi connectivity index (χ1v) is 6.14.